The average Bonchev–Trinajstić information content (AvgIpc) is 3.04. The summed E-state index contributed by atoms with van der Waals surface area (Å²) in [5, 5.41) is 13.4. The molecule has 1 atom stereocenters. The molecule has 0 saturated carbocycles. The number of nitrogens with one attached hydrogen (secondary N) is 1. The molecule has 134 valence electrons. The molecule has 0 aromatic heterocycles. The second-order valence-corrected chi connectivity index (χ2v) is 5.87. The lowest BCUT2D eigenvalue weighted by atomic mass is 10.1. The number of rotatable bonds is 5. The smallest absolute Gasteiger partial charge is 0.269 e. The Labute approximate surface area is 149 Å². The van der Waals surface area contributed by atoms with Crippen molar-refractivity contribution in [2.24, 2.45) is 5.92 Å². The van der Waals surface area contributed by atoms with Gasteiger partial charge in [0.2, 0.25) is 11.8 Å². The van der Waals surface area contributed by atoms with Crippen molar-refractivity contribution < 1.29 is 19.2 Å². The van der Waals surface area contributed by atoms with Gasteiger partial charge in [0.15, 0.2) is 0 Å². The van der Waals surface area contributed by atoms with Crippen LogP contribution >= 0.6 is 0 Å². The maximum atomic E-state index is 12.5. The molecule has 1 aliphatic heterocycles. The molecule has 0 aliphatic carbocycles. The lowest BCUT2D eigenvalue weighted by molar-refractivity contribution is -0.384. The molecule has 1 fully saturated rings. The summed E-state index contributed by atoms with van der Waals surface area (Å²) in [6, 6.07) is 12.7. The van der Waals surface area contributed by atoms with Gasteiger partial charge in [-0.1, -0.05) is 12.1 Å². The van der Waals surface area contributed by atoms with Crippen LogP contribution in [0.2, 0.25) is 0 Å². The topological polar surface area (TPSA) is 102 Å². The number of benzene rings is 2. The van der Waals surface area contributed by atoms with Crippen LogP contribution in [0.5, 0.6) is 5.75 Å². The van der Waals surface area contributed by atoms with Gasteiger partial charge in [-0.15, -0.1) is 0 Å². The summed E-state index contributed by atoms with van der Waals surface area (Å²) in [5.41, 5.74) is 1.02. The number of methoxy groups -OCH3 is 1. The van der Waals surface area contributed by atoms with Crippen molar-refractivity contribution in [2.45, 2.75) is 6.42 Å². The van der Waals surface area contributed by atoms with E-state index in [1.165, 1.54) is 31.4 Å². The van der Waals surface area contributed by atoms with Gasteiger partial charge in [0.25, 0.3) is 5.69 Å². The molecule has 1 saturated heterocycles. The molecule has 1 aliphatic rings. The summed E-state index contributed by atoms with van der Waals surface area (Å²) in [6.45, 7) is 0.248. The number of nitro groups is 1. The number of ether oxygens (including phenoxy) is 1. The predicted molar refractivity (Wildman–Crippen MR) is 95.2 cm³/mol. The molecule has 8 nitrogen and oxygen atoms in total. The molecule has 0 spiro atoms. The lowest BCUT2D eigenvalue weighted by Gasteiger charge is -2.19. The van der Waals surface area contributed by atoms with E-state index < -0.39 is 10.8 Å². The highest BCUT2D eigenvalue weighted by atomic mass is 16.6. The first kappa shape index (κ1) is 17.4. The minimum absolute atomic E-state index is 0.0543. The fraction of sp³-hybridized carbons (Fsp3) is 0.222. The fourth-order valence-electron chi connectivity index (χ4n) is 2.88. The van der Waals surface area contributed by atoms with Gasteiger partial charge in [0, 0.05) is 30.8 Å². The van der Waals surface area contributed by atoms with Gasteiger partial charge < -0.3 is 15.0 Å². The van der Waals surface area contributed by atoms with Gasteiger partial charge in [0.1, 0.15) is 5.75 Å². The van der Waals surface area contributed by atoms with Crippen LogP contribution < -0.4 is 15.0 Å². The zero-order valence-electron chi connectivity index (χ0n) is 14.0. The third-order valence-corrected chi connectivity index (χ3v) is 4.22. The highest BCUT2D eigenvalue weighted by molar-refractivity contribution is 6.04. The van der Waals surface area contributed by atoms with Crippen LogP contribution in [0, 0.1) is 16.0 Å². The first-order chi connectivity index (χ1) is 12.5. The Hall–Kier alpha value is -3.42. The molecule has 2 aromatic carbocycles. The first-order valence-corrected chi connectivity index (χ1v) is 7.98. The van der Waals surface area contributed by atoms with E-state index >= 15 is 0 Å². The third kappa shape index (κ3) is 3.49. The van der Waals surface area contributed by atoms with Gasteiger partial charge in [-0.3, -0.25) is 19.7 Å². The second-order valence-electron chi connectivity index (χ2n) is 5.87. The molecule has 0 bridgehead atoms. The van der Waals surface area contributed by atoms with E-state index in [-0.39, 0.29) is 30.5 Å². The molecule has 3 rings (SSSR count). The summed E-state index contributed by atoms with van der Waals surface area (Å²) >= 11 is 0. The minimum atomic E-state index is -0.511. The molecular formula is C18H17N3O5. The summed E-state index contributed by atoms with van der Waals surface area (Å²) < 4.78 is 5.28. The van der Waals surface area contributed by atoms with Crippen molar-refractivity contribution in [1.82, 2.24) is 0 Å². The van der Waals surface area contributed by atoms with Gasteiger partial charge in [-0.25, -0.2) is 0 Å². The van der Waals surface area contributed by atoms with Crippen molar-refractivity contribution in [3.05, 3.63) is 58.6 Å². The van der Waals surface area contributed by atoms with E-state index in [0.717, 1.165) is 0 Å². The zero-order chi connectivity index (χ0) is 18.7. The number of carbonyl (C=O) groups excluding carboxylic acids is 2. The van der Waals surface area contributed by atoms with E-state index in [9.17, 15) is 19.7 Å². The Kier molecular flexibility index (Phi) is 4.83. The standard InChI is InChI=1S/C18H17N3O5/c1-26-16-5-3-2-4-15(16)20-11-12(10-17(20)22)18(23)19-13-6-8-14(9-7-13)21(24)25/h2-9,12H,10-11H2,1H3,(H,19,23)/t12-/m0/s1. The van der Waals surface area contributed by atoms with Crippen molar-refractivity contribution >= 4 is 28.9 Å². The number of carbonyl (C=O) groups is 2. The predicted octanol–water partition coefficient (Wildman–Crippen LogP) is 2.60. The average molecular weight is 355 g/mol. The van der Waals surface area contributed by atoms with Crippen molar-refractivity contribution in [3.8, 4) is 5.75 Å². The molecule has 1 N–H and O–H groups in total. The zero-order valence-corrected chi connectivity index (χ0v) is 14.0. The monoisotopic (exact) mass is 355 g/mol. The Morgan fingerprint density at radius 1 is 1.23 bits per heavy atom. The maximum absolute atomic E-state index is 12.5. The van der Waals surface area contributed by atoms with E-state index in [4.69, 9.17) is 4.74 Å². The number of hydrogen-bond donors (Lipinski definition) is 1. The summed E-state index contributed by atoms with van der Waals surface area (Å²) in [4.78, 5) is 36.5. The Morgan fingerprint density at radius 3 is 2.58 bits per heavy atom. The van der Waals surface area contributed by atoms with Crippen LogP contribution in [-0.4, -0.2) is 30.4 Å². The van der Waals surface area contributed by atoms with Gasteiger partial charge in [0.05, 0.1) is 23.6 Å². The number of anilines is 2. The molecule has 0 radical (unpaired) electrons. The Morgan fingerprint density at radius 2 is 1.92 bits per heavy atom. The summed E-state index contributed by atoms with van der Waals surface area (Å²) in [7, 11) is 1.53. The van der Waals surface area contributed by atoms with Gasteiger partial charge >= 0.3 is 0 Å². The minimum Gasteiger partial charge on any atom is -0.495 e. The number of non-ortho nitro benzene ring substituents is 1. The lowest BCUT2D eigenvalue weighted by Crippen LogP contribution is -2.28. The van der Waals surface area contributed by atoms with Crippen LogP contribution in [0.25, 0.3) is 0 Å². The van der Waals surface area contributed by atoms with E-state index in [0.29, 0.717) is 17.1 Å². The van der Waals surface area contributed by atoms with E-state index in [1.54, 1.807) is 23.1 Å². The SMILES string of the molecule is COc1ccccc1N1C[C@@H](C(=O)Nc2ccc([N+](=O)[O-])cc2)CC1=O. The van der Waals surface area contributed by atoms with Crippen molar-refractivity contribution in [1.29, 1.82) is 0 Å². The van der Waals surface area contributed by atoms with E-state index in [1.807, 2.05) is 6.07 Å². The molecule has 2 amide bonds. The van der Waals surface area contributed by atoms with Crippen LogP contribution in [0.1, 0.15) is 6.42 Å². The van der Waals surface area contributed by atoms with E-state index in [2.05, 4.69) is 5.32 Å². The number of amides is 2. The number of nitro benzene ring substituents is 1. The van der Waals surface area contributed by atoms with Crippen molar-refractivity contribution in [3.63, 3.8) is 0 Å². The highest BCUT2D eigenvalue weighted by Gasteiger charge is 2.36. The van der Waals surface area contributed by atoms with Crippen LogP contribution in [0.3, 0.4) is 0 Å². The molecule has 26 heavy (non-hydrogen) atoms. The normalized spacial score (nSPS) is 16.4. The number of para-hydroxylation sites is 2. The second kappa shape index (κ2) is 7.22. The number of hydrogen-bond acceptors (Lipinski definition) is 5. The number of nitrogens with zero attached hydrogens (tertiary/aromatic N) is 2. The first-order valence-electron chi connectivity index (χ1n) is 7.98. The van der Waals surface area contributed by atoms with Crippen molar-refractivity contribution in [2.75, 3.05) is 23.9 Å². The maximum Gasteiger partial charge on any atom is 0.269 e. The third-order valence-electron chi connectivity index (χ3n) is 4.22. The quantitative estimate of drug-likeness (QED) is 0.656. The summed E-state index contributed by atoms with van der Waals surface area (Å²) in [6.07, 6.45) is 0.0941. The largest absolute Gasteiger partial charge is 0.495 e. The van der Waals surface area contributed by atoms with Crippen LogP contribution in [-0.2, 0) is 9.59 Å². The van der Waals surface area contributed by atoms with Gasteiger partial charge in [-0.05, 0) is 24.3 Å². The Bertz CT molecular complexity index is 850. The Balaban J connectivity index is 1.70. The highest BCUT2D eigenvalue weighted by Crippen LogP contribution is 2.33. The molecule has 1 heterocycles. The van der Waals surface area contributed by atoms with Gasteiger partial charge in [-0.2, -0.15) is 0 Å². The molecule has 2 aromatic rings. The molecule has 8 heteroatoms. The van der Waals surface area contributed by atoms with Crippen LogP contribution in [0.15, 0.2) is 48.5 Å². The molecular weight excluding hydrogens is 338 g/mol. The van der Waals surface area contributed by atoms with Crippen LogP contribution in [0.4, 0.5) is 17.1 Å². The fourth-order valence-corrected chi connectivity index (χ4v) is 2.88. The summed E-state index contributed by atoms with van der Waals surface area (Å²) in [5.74, 6) is -0.400. The molecule has 0 unspecified atom stereocenters.